The molecule has 0 fully saturated rings. The maximum atomic E-state index is 13.1. The molecular weight excluding hydrogens is 443 g/mol. The Morgan fingerprint density at radius 1 is 1.00 bits per heavy atom. The van der Waals surface area contributed by atoms with Gasteiger partial charge in [0.2, 0.25) is 0 Å². The van der Waals surface area contributed by atoms with E-state index in [9.17, 15) is 17.6 Å². The average Bonchev–Trinajstić information content (AvgIpc) is 2.78. The van der Waals surface area contributed by atoms with Crippen molar-refractivity contribution in [3.63, 3.8) is 0 Å². The number of benzene rings is 3. The van der Waals surface area contributed by atoms with E-state index in [-0.39, 0.29) is 34.7 Å². The number of hydrogen-bond acceptors (Lipinski definition) is 4. The Morgan fingerprint density at radius 3 is 2.33 bits per heavy atom. The summed E-state index contributed by atoms with van der Waals surface area (Å²) in [5, 5.41) is 2.87. The van der Waals surface area contributed by atoms with Gasteiger partial charge in [0.25, 0.3) is 15.9 Å². The van der Waals surface area contributed by atoms with Crippen molar-refractivity contribution in [3.05, 3.63) is 94.8 Å². The van der Waals surface area contributed by atoms with Crippen molar-refractivity contribution in [1.29, 1.82) is 0 Å². The van der Waals surface area contributed by atoms with Gasteiger partial charge in [-0.2, -0.15) is 0 Å². The van der Waals surface area contributed by atoms with Gasteiger partial charge in [-0.1, -0.05) is 30.3 Å². The number of amides is 1. The van der Waals surface area contributed by atoms with E-state index in [1.165, 1.54) is 24.3 Å². The molecule has 0 aliphatic heterocycles. The van der Waals surface area contributed by atoms with Crippen LogP contribution in [0.1, 0.15) is 40.9 Å². The highest BCUT2D eigenvalue weighted by molar-refractivity contribution is 7.92. The first-order chi connectivity index (χ1) is 15.7. The van der Waals surface area contributed by atoms with E-state index < -0.39 is 15.8 Å². The molecule has 0 saturated heterocycles. The van der Waals surface area contributed by atoms with Gasteiger partial charge in [-0.3, -0.25) is 9.52 Å². The van der Waals surface area contributed by atoms with E-state index in [1.54, 1.807) is 13.0 Å². The Kier molecular flexibility index (Phi) is 7.84. The number of halogens is 1. The summed E-state index contributed by atoms with van der Waals surface area (Å²) >= 11 is 0. The van der Waals surface area contributed by atoms with Gasteiger partial charge in [-0.05, 0) is 73.9 Å². The smallest absolute Gasteiger partial charge is 0.261 e. The number of nitrogens with one attached hydrogen (secondary N) is 2. The van der Waals surface area contributed by atoms with Gasteiger partial charge in [0.05, 0.1) is 17.6 Å². The number of hydrogen-bond donors (Lipinski definition) is 2. The average molecular weight is 471 g/mol. The standard InChI is InChI=1S/C25H27FN2O4S/c1-17(2)32-16-20-7-5-4-6-19(20)15-27-25(29)24-14-23(13-8-18(24)3)33(30,31)28-22-11-9-21(26)10-12-22/h4-14,17,28H,15-16H2,1-3H3,(H,27,29). The van der Waals surface area contributed by atoms with Crippen molar-refractivity contribution in [2.45, 2.75) is 44.9 Å². The van der Waals surface area contributed by atoms with Gasteiger partial charge in [0.1, 0.15) is 5.82 Å². The highest BCUT2D eigenvalue weighted by Crippen LogP contribution is 2.20. The summed E-state index contributed by atoms with van der Waals surface area (Å²) in [7, 11) is -3.96. The Labute approximate surface area is 193 Å². The molecule has 0 aromatic heterocycles. The van der Waals surface area contributed by atoms with Crippen LogP contribution in [0.5, 0.6) is 0 Å². The zero-order valence-electron chi connectivity index (χ0n) is 18.8. The number of carbonyl (C=O) groups is 1. The first kappa shape index (κ1) is 24.4. The lowest BCUT2D eigenvalue weighted by molar-refractivity contribution is 0.0651. The van der Waals surface area contributed by atoms with Gasteiger partial charge >= 0.3 is 0 Å². The van der Waals surface area contributed by atoms with Gasteiger partial charge in [-0.25, -0.2) is 12.8 Å². The van der Waals surface area contributed by atoms with Gasteiger partial charge < -0.3 is 10.1 Å². The van der Waals surface area contributed by atoms with Crippen LogP contribution >= 0.6 is 0 Å². The molecule has 0 aliphatic carbocycles. The zero-order chi connectivity index (χ0) is 24.0. The highest BCUT2D eigenvalue weighted by atomic mass is 32.2. The number of anilines is 1. The number of rotatable bonds is 9. The summed E-state index contributed by atoms with van der Waals surface area (Å²) in [6, 6.07) is 17.0. The van der Waals surface area contributed by atoms with Crippen LogP contribution in [0.3, 0.4) is 0 Å². The summed E-state index contributed by atoms with van der Waals surface area (Å²) in [6.45, 7) is 6.37. The van der Waals surface area contributed by atoms with Crippen LogP contribution < -0.4 is 10.0 Å². The molecule has 0 saturated carbocycles. The topological polar surface area (TPSA) is 84.5 Å². The summed E-state index contributed by atoms with van der Waals surface area (Å²) in [5.41, 5.74) is 3.02. The van der Waals surface area contributed by atoms with Crippen LogP contribution in [0.25, 0.3) is 0 Å². The van der Waals surface area contributed by atoms with E-state index >= 15 is 0 Å². The van der Waals surface area contributed by atoms with E-state index in [4.69, 9.17) is 4.74 Å². The van der Waals surface area contributed by atoms with Crippen molar-refractivity contribution < 1.29 is 22.3 Å². The lowest BCUT2D eigenvalue weighted by Gasteiger charge is -2.14. The fraction of sp³-hybridized carbons (Fsp3) is 0.240. The normalized spacial score (nSPS) is 11.4. The fourth-order valence-electron chi connectivity index (χ4n) is 3.14. The summed E-state index contributed by atoms with van der Waals surface area (Å²) in [4.78, 5) is 12.8. The predicted octanol–water partition coefficient (Wildman–Crippen LogP) is 4.79. The molecule has 3 aromatic carbocycles. The van der Waals surface area contributed by atoms with Crippen molar-refractivity contribution >= 4 is 21.6 Å². The molecule has 0 bridgehead atoms. The molecule has 0 heterocycles. The Morgan fingerprint density at radius 2 is 1.67 bits per heavy atom. The van der Waals surface area contributed by atoms with Gasteiger partial charge in [0, 0.05) is 17.8 Å². The Bertz CT molecular complexity index is 1230. The maximum Gasteiger partial charge on any atom is 0.261 e. The zero-order valence-corrected chi connectivity index (χ0v) is 19.6. The first-order valence-electron chi connectivity index (χ1n) is 10.5. The molecule has 0 unspecified atom stereocenters. The lowest BCUT2D eigenvalue weighted by atomic mass is 10.1. The molecule has 8 heteroatoms. The molecule has 6 nitrogen and oxygen atoms in total. The molecule has 0 spiro atoms. The lowest BCUT2D eigenvalue weighted by Crippen LogP contribution is -2.25. The molecule has 33 heavy (non-hydrogen) atoms. The van der Waals surface area contributed by atoms with E-state index in [0.29, 0.717) is 12.2 Å². The summed E-state index contributed by atoms with van der Waals surface area (Å²) in [6.07, 6.45) is 0.0866. The molecule has 2 N–H and O–H groups in total. The predicted molar refractivity (Wildman–Crippen MR) is 126 cm³/mol. The minimum Gasteiger partial charge on any atom is -0.374 e. The second-order valence-corrected chi connectivity index (χ2v) is 9.58. The number of carbonyl (C=O) groups excluding carboxylic acids is 1. The van der Waals surface area contributed by atoms with E-state index in [0.717, 1.165) is 23.3 Å². The first-order valence-corrected chi connectivity index (χ1v) is 12.0. The minimum atomic E-state index is -3.96. The third-order valence-corrected chi connectivity index (χ3v) is 6.37. The number of aryl methyl sites for hydroxylation is 1. The third-order valence-electron chi connectivity index (χ3n) is 4.99. The van der Waals surface area contributed by atoms with E-state index in [1.807, 2.05) is 38.1 Å². The second kappa shape index (κ2) is 10.6. The van der Waals surface area contributed by atoms with Crippen LogP contribution in [0, 0.1) is 12.7 Å². The molecule has 174 valence electrons. The van der Waals surface area contributed by atoms with Crippen molar-refractivity contribution in [3.8, 4) is 0 Å². The molecule has 0 atom stereocenters. The number of ether oxygens (including phenoxy) is 1. The van der Waals surface area contributed by atoms with Crippen molar-refractivity contribution in [2.75, 3.05) is 4.72 Å². The quantitative estimate of drug-likeness (QED) is 0.471. The summed E-state index contributed by atoms with van der Waals surface area (Å²) in [5.74, 6) is -0.851. The minimum absolute atomic E-state index is 0.0618. The molecule has 0 radical (unpaired) electrons. The Hall–Kier alpha value is -3.23. The highest BCUT2D eigenvalue weighted by Gasteiger charge is 2.18. The maximum absolute atomic E-state index is 13.1. The molecule has 0 aliphatic rings. The van der Waals surface area contributed by atoms with E-state index in [2.05, 4.69) is 10.0 Å². The van der Waals surface area contributed by atoms with Gasteiger partial charge in [-0.15, -0.1) is 0 Å². The van der Waals surface area contributed by atoms with Gasteiger partial charge in [0.15, 0.2) is 0 Å². The number of sulfonamides is 1. The van der Waals surface area contributed by atoms with Crippen LogP contribution in [0.2, 0.25) is 0 Å². The molecular formula is C25H27FN2O4S. The van der Waals surface area contributed by atoms with Crippen LogP contribution in [0.4, 0.5) is 10.1 Å². The van der Waals surface area contributed by atoms with Crippen molar-refractivity contribution in [2.24, 2.45) is 0 Å². The fourth-order valence-corrected chi connectivity index (χ4v) is 4.23. The van der Waals surface area contributed by atoms with Crippen LogP contribution in [-0.4, -0.2) is 20.4 Å². The second-order valence-electron chi connectivity index (χ2n) is 7.90. The molecule has 3 aromatic rings. The van der Waals surface area contributed by atoms with Crippen molar-refractivity contribution in [1.82, 2.24) is 5.32 Å². The largest absolute Gasteiger partial charge is 0.374 e. The Balaban J connectivity index is 1.75. The summed E-state index contributed by atoms with van der Waals surface area (Å²) < 4.78 is 46.7. The SMILES string of the molecule is Cc1ccc(S(=O)(=O)Nc2ccc(F)cc2)cc1C(=O)NCc1ccccc1COC(C)C. The molecule has 3 rings (SSSR count). The third kappa shape index (κ3) is 6.63. The van der Waals surface area contributed by atoms with Crippen LogP contribution in [-0.2, 0) is 27.9 Å². The molecule has 1 amide bonds. The monoisotopic (exact) mass is 470 g/mol. The van der Waals surface area contributed by atoms with Crippen LogP contribution in [0.15, 0.2) is 71.6 Å².